The molecule has 0 heterocycles. The lowest BCUT2D eigenvalue weighted by Gasteiger charge is -2.14. The van der Waals surface area contributed by atoms with Gasteiger partial charge in [-0.2, -0.15) is 0 Å². The van der Waals surface area contributed by atoms with Crippen LogP contribution in [0.4, 0.5) is 13.2 Å². The lowest BCUT2D eigenvalue weighted by molar-refractivity contribution is 0.173. The minimum absolute atomic E-state index is 0.0325. The molecule has 0 amide bonds. The highest BCUT2D eigenvalue weighted by Gasteiger charge is 2.15. The molecule has 4 heteroatoms. The minimum Gasteiger partial charge on any atom is -0.388 e. The zero-order chi connectivity index (χ0) is 14.0. The Morgan fingerprint density at radius 2 is 1.63 bits per heavy atom. The average molecular weight is 266 g/mol. The number of hydrogen-bond acceptors (Lipinski definition) is 1. The van der Waals surface area contributed by atoms with Gasteiger partial charge in [0, 0.05) is 18.1 Å². The first-order valence-corrected chi connectivity index (χ1v) is 5.85. The van der Waals surface area contributed by atoms with Crippen molar-refractivity contribution in [3.63, 3.8) is 0 Å². The smallest absolute Gasteiger partial charge is 0.131 e. The number of rotatable bonds is 3. The van der Waals surface area contributed by atoms with Crippen LogP contribution < -0.4 is 0 Å². The predicted octanol–water partition coefficient (Wildman–Crippen LogP) is 3.69. The van der Waals surface area contributed by atoms with E-state index in [1.54, 1.807) is 13.0 Å². The van der Waals surface area contributed by atoms with Crippen LogP contribution in [0.2, 0.25) is 0 Å². The Kier molecular flexibility index (Phi) is 3.90. The molecule has 1 unspecified atom stereocenters. The topological polar surface area (TPSA) is 20.2 Å². The maximum Gasteiger partial charge on any atom is 0.131 e. The maximum atomic E-state index is 13.5. The van der Waals surface area contributed by atoms with Gasteiger partial charge in [-0.3, -0.25) is 0 Å². The van der Waals surface area contributed by atoms with Crippen LogP contribution in [0, 0.1) is 24.4 Å². The number of aliphatic hydroxyl groups is 1. The molecule has 2 rings (SSSR count). The molecule has 100 valence electrons. The van der Waals surface area contributed by atoms with Crippen LogP contribution in [0.15, 0.2) is 36.4 Å². The van der Waals surface area contributed by atoms with Gasteiger partial charge in [-0.25, -0.2) is 13.2 Å². The zero-order valence-electron chi connectivity index (χ0n) is 10.3. The van der Waals surface area contributed by atoms with E-state index in [-0.39, 0.29) is 17.8 Å². The molecule has 2 aromatic rings. The number of aryl methyl sites for hydroxylation is 1. The molecule has 0 saturated carbocycles. The molecule has 2 aromatic carbocycles. The summed E-state index contributed by atoms with van der Waals surface area (Å²) in [5, 5.41) is 9.98. The van der Waals surface area contributed by atoms with Crippen molar-refractivity contribution in [2.45, 2.75) is 19.4 Å². The molecular formula is C15H13F3O. The minimum atomic E-state index is -1.09. The van der Waals surface area contributed by atoms with Crippen molar-refractivity contribution in [3.05, 3.63) is 70.5 Å². The van der Waals surface area contributed by atoms with E-state index in [2.05, 4.69) is 0 Å². The first-order chi connectivity index (χ1) is 8.97. The molecule has 0 aliphatic rings. The highest BCUT2D eigenvalue weighted by atomic mass is 19.1. The third-order valence-corrected chi connectivity index (χ3v) is 3.04. The molecule has 0 aliphatic carbocycles. The van der Waals surface area contributed by atoms with E-state index in [4.69, 9.17) is 0 Å². The van der Waals surface area contributed by atoms with Gasteiger partial charge >= 0.3 is 0 Å². The van der Waals surface area contributed by atoms with E-state index in [1.165, 1.54) is 18.2 Å². The molecule has 0 aromatic heterocycles. The quantitative estimate of drug-likeness (QED) is 0.898. The summed E-state index contributed by atoms with van der Waals surface area (Å²) in [7, 11) is 0. The SMILES string of the molecule is Cc1cc(F)ccc1CC(O)c1ccc(F)cc1F. The molecule has 0 radical (unpaired) electrons. The second kappa shape index (κ2) is 5.45. The molecule has 19 heavy (non-hydrogen) atoms. The number of aliphatic hydroxyl groups excluding tert-OH is 1. The summed E-state index contributed by atoms with van der Waals surface area (Å²) in [5.74, 6) is -1.83. The average Bonchev–Trinajstić information content (AvgIpc) is 2.32. The molecule has 1 N–H and O–H groups in total. The van der Waals surface area contributed by atoms with Gasteiger partial charge < -0.3 is 5.11 Å². The van der Waals surface area contributed by atoms with E-state index in [0.29, 0.717) is 5.56 Å². The third-order valence-electron chi connectivity index (χ3n) is 3.04. The maximum absolute atomic E-state index is 13.5. The molecule has 0 bridgehead atoms. The van der Waals surface area contributed by atoms with Crippen LogP contribution in [0.5, 0.6) is 0 Å². The van der Waals surface area contributed by atoms with Crippen LogP contribution in [-0.2, 0) is 6.42 Å². The molecule has 0 fully saturated rings. The summed E-state index contributed by atoms with van der Waals surface area (Å²) >= 11 is 0. The van der Waals surface area contributed by atoms with Crippen molar-refractivity contribution in [1.82, 2.24) is 0 Å². The number of benzene rings is 2. The van der Waals surface area contributed by atoms with Crippen LogP contribution >= 0.6 is 0 Å². The number of halogens is 3. The second-order valence-corrected chi connectivity index (χ2v) is 4.46. The highest BCUT2D eigenvalue weighted by Crippen LogP contribution is 2.23. The summed E-state index contributed by atoms with van der Waals surface area (Å²) in [4.78, 5) is 0. The lowest BCUT2D eigenvalue weighted by atomic mass is 9.98. The lowest BCUT2D eigenvalue weighted by Crippen LogP contribution is -2.06. The Balaban J connectivity index is 2.23. The van der Waals surface area contributed by atoms with E-state index in [0.717, 1.165) is 17.7 Å². The predicted molar refractivity (Wildman–Crippen MR) is 66.2 cm³/mol. The van der Waals surface area contributed by atoms with Crippen molar-refractivity contribution < 1.29 is 18.3 Å². The fraction of sp³-hybridized carbons (Fsp3) is 0.200. The van der Waals surface area contributed by atoms with E-state index < -0.39 is 17.7 Å². The Hall–Kier alpha value is -1.81. The first kappa shape index (κ1) is 13.6. The van der Waals surface area contributed by atoms with Crippen LogP contribution in [0.25, 0.3) is 0 Å². The monoisotopic (exact) mass is 266 g/mol. The van der Waals surface area contributed by atoms with E-state index in [1.807, 2.05) is 0 Å². The van der Waals surface area contributed by atoms with Crippen LogP contribution in [-0.4, -0.2) is 5.11 Å². The van der Waals surface area contributed by atoms with Gasteiger partial charge in [0.2, 0.25) is 0 Å². The van der Waals surface area contributed by atoms with Crippen LogP contribution in [0.3, 0.4) is 0 Å². The third kappa shape index (κ3) is 3.15. The normalized spacial score (nSPS) is 12.5. The summed E-state index contributed by atoms with van der Waals surface area (Å²) in [5.41, 5.74) is 1.43. The zero-order valence-corrected chi connectivity index (χ0v) is 10.3. The highest BCUT2D eigenvalue weighted by molar-refractivity contribution is 5.29. The molecule has 0 spiro atoms. The van der Waals surface area contributed by atoms with Crippen molar-refractivity contribution >= 4 is 0 Å². The molecule has 1 nitrogen and oxygen atoms in total. The molecule has 0 aliphatic heterocycles. The van der Waals surface area contributed by atoms with Crippen molar-refractivity contribution in [2.75, 3.05) is 0 Å². The van der Waals surface area contributed by atoms with Gasteiger partial charge in [-0.05, 0) is 36.2 Å². The first-order valence-electron chi connectivity index (χ1n) is 5.85. The molecule has 0 saturated heterocycles. The van der Waals surface area contributed by atoms with E-state index in [9.17, 15) is 18.3 Å². The summed E-state index contributed by atoms with van der Waals surface area (Å²) < 4.78 is 39.2. The Bertz CT molecular complexity index is 596. The second-order valence-electron chi connectivity index (χ2n) is 4.46. The molecular weight excluding hydrogens is 253 g/mol. The molecule has 1 atom stereocenters. The van der Waals surface area contributed by atoms with Gasteiger partial charge in [0.15, 0.2) is 0 Å². The van der Waals surface area contributed by atoms with Gasteiger partial charge in [-0.15, -0.1) is 0 Å². The van der Waals surface area contributed by atoms with Crippen molar-refractivity contribution in [3.8, 4) is 0 Å². The standard InChI is InChI=1S/C15H13F3O/c1-9-6-11(16)3-2-10(9)7-15(19)13-5-4-12(17)8-14(13)18/h2-6,8,15,19H,7H2,1H3. The van der Waals surface area contributed by atoms with Gasteiger partial charge in [-0.1, -0.05) is 12.1 Å². The summed E-state index contributed by atoms with van der Waals surface area (Å²) in [6.07, 6.45) is -0.945. The van der Waals surface area contributed by atoms with Gasteiger partial charge in [0.05, 0.1) is 6.10 Å². The number of hydrogen-bond donors (Lipinski definition) is 1. The van der Waals surface area contributed by atoms with Crippen LogP contribution in [0.1, 0.15) is 22.8 Å². The van der Waals surface area contributed by atoms with Crippen molar-refractivity contribution in [2.24, 2.45) is 0 Å². The Morgan fingerprint density at radius 1 is 1.00 bits per heavy atom. The fourth-order valence-corrected chi connectivity index (χ4v) is 1.98. The summed E-state index contributed by atoms with van der Waals surface area (Å²) in [6, 6.07) is 7.23. The largest absolute Gasteiger partial charge is 0.388 e. The van der Waals surface area contributed by atoms with Crippen molar-refractivity contribution in [1.29, 1.82) is 0 Å². The Morgan fingerprint density at radius 3 is 2.26 bits per heavy atom. The van der Waals surface area contributed by atoms with Gasteiger partial charge in [0.25, 0.3) is 0 Å². The fourth-order valence-electron chi connectivity index (χ4n) is 1.98. The Labute approximate surface area is 109 Å². The summed E-state index contributed by atoms with van der Waals surface area (Å²) in [6.45, 7) is 1.71. The van der Waals surface area contributed by atoms with Gasteiger partial charge in [0.1, 0.15) is 17.5 Å². The van der Waals surface area contributed by atoms with E-state index >= 15 is 0 Å².